The zero-order chi connectivity index (χ0) is 13.8. The van der Waals surface area contributed by atoms with Gasteiger partial charge >= 0.3 is 5.97 Å². The van der Waals surface area contributed by atoms with E-state index in [1.807, 2.05) is 0 Å². The lowest BCUT2D eigenvalue weighted by Gasteiger charge is -2.22. The second-order valence-electron chi connectivity index (χ2n) is 4.03. The van der Waals surface area contributed by atoms with E-state index in [0.29, 0.717) is 0 Å². The van der Waals surface area contributed by atoms with Gasteiger partial charge in [-0.3, -0.25) is 0 Å². The number of rotatable bonds is 5. The number of ether oxygens (including phenoxy) is 2. The van der Waals surface area contributed by atoms with E-state index < -0.39 is 23.1 Å². The third kappa shape index (κ3) is 3.96. The van der Waals surface area contributed by atoms with Gasteiger partial charge in [0.05, 0.1) is 6.61 Å². The Bertz CT molecular complexity index is 415. The van der Waals surface area contributed by atoms with Gasteiger partial charge in [-0.25, -0.2) is 13.6 Å². The normalized spacial score (nSPS) is 13.8. The van der Waals surface area contributed by atoms with E-state index in [1.54, 1.807) is 6.92 Å². The minimum absolute atomic E-state index is 0.0338. The molecule has 1 atom stereocenters. The summed E-state index contributed by atoms with van der Waals surface area (Å²) in [7, 11) is 0. The Morgan fingerprint density at radius 1 is 1.33 bits per heavy atom. The molecule has 0 aromatic heterocycles. The van der Waals surface area contributed by atoms with Crippen molar-refractivity contribution in [3.63, 3.8) is 0 Å². The first kappa shape index (κ1) is 14.4. The molecule has 0 heterocycles. The predicted octanol–water partition coefficient (Wildman–Crippen LogP) is 1.62. The number of halogens is 2. The van der Waals surface area contributed by atoms with Crippen LogP contribution in [-0.4, -0.2) is 24.7 Å². The van der Waals surface area contributed by atoms with Gasteiger partial charge in [-0.1, -0.05) is 0 Å². The lowest BCUT2D eigenvalue weighted by Crippen LogP contribution is -2.51. The molecule has 1 aromatic carbocycles. The van der Waals surface area contributed by atoms with Crippen molar-refractivity contribution in [2.24, 2.45) is 5.73 Å². The lowest BCUT2D eigenvalue weighted by atomic mass is 10.1. The van der Waals surface area contributed by atoms with Crippen molar-refractivity contribution in [1.29, 1.82) is 0 Å². The molecule has 2 N–H and O–H groups in total. The highest BCUT2D eigenvalue weighted by Gasteiger charge is 2.31. The zero-order valence-corrected chi connectivity index (χ0v) is 10.2. The fourth-order valence-corrected chi connectivity index (χ4v) is 1.20. The van der Waals surface area contributed by atoms with E-state index in [1.165, 1.54) is 6.92 Å². The van der Waals surface area contributed by atoms with Crippen molar-refractivity contribution in [3.8, 4) is 5.75 Å². The van der Waals surface area contributed by atoms with Crippen molar-refractivity contribution < 1.29 is 23.0 Å². The zero-order valence-electron chi connectivity index (χ0n) is 10.2. The van der Waals surface area contributed by atoms with E-state index in [4.69, 9.17) is 15.2 Å². The molecule has 18 heavy (non-hydrogen) atoms. The molecule has 0 saturated carbocycles. The molecule has 0 saturated heterocycles. The van der Waals surface area contributed by atoms with Crippen molar-refractivity contribution in [1.82, 2.24) is 0 Å². The summed E-state index contributed by atoms with van der Waals surface area (Å²) in [6.45, 7) is 3.02. The smallest absolute Gasteiger partial charge is 0.329 e. The molecule has 0 aliphatic heterocycles. The van der Waals surface area contributed by atoms with Gasteiger partial charge in [-0.15, -0.1) is 0 Å². The first-order chi connectivity index (χ1) is 8.35. The van der Waals surface area contributed by atoms with E-state index in [2.05, 4.69) is 0 Å². The molecule has 0 amide bonds. The molecule has 100 valence electrons. The van der Waals surface area contributed by atoms with Gasteiger partial charge < -0.3 is 15.2 Å². The molecule has 0 fully saturated rings. The maximum atomic E-state index is 12.9. The van der Waals surface area contributed by atoms with Crippen molar-refractivity contribution in [2.75, 3.05) is 13.2 Å². The van der Waals surface area contributed by atoms with E-state index in [-0.39, 0.29) is 19.0 Å². The minimum atomic E-state index is -1.38. The maximum absolute atomic E-state index is 12.9. The Hall–Kier alpha value is -1.69. The second-order valence-corrected chi connectivity index (χ2v) is 4.03. The van der Waals surface area contributed by atoms with Gasteiger partial charge in [0.1, 0.15) is 29.5 Å². The van der Waals surface area contributed by atoms with Crippen LogP contribution in [0.15, 0.2) is 18.2 Å². The quantitative estimate of drug-likeness (QED) is 0.816. The number of hydrogen-bond acceptors (Lipinski definition) is 4. The number of hydrogen-bond donors (Lipinski definition) is 1. The number of carbonyl (C=O) groups excluding carboxylic acids is 1. The van der Waals surface area contributed by atoms with Crippen LogP contribution >= 0.6 is 0 Å². The Morgan fingerprint density at radius 2 is 1.89 bits per heavy atom. The molecule has 1 unspecified atom stereocenters. The minimum Gasteiger partial charge on any atom is -0.491 e. The molecule has 1 rings (SSSR count). The van der Waals surface area contributed by atoms with Crippen LogP contribution in [0.1, 0.15) is 13.8 Å². The average Bonchev–Trinajstić information content (AvgIpc) is 2.25. The first-order valence-corrected chi connectivity index (χ1v) is 5.40. The summed E-state index contributed by atoms with van der Waals surface area (Å²) < 4.78 is 35.6. The van der Waals surface area contributed by atoms with Crippen LogP contribution in [0, 0.1) is 11.6 Å². The number of esters is 1. The number of nitrogens with two attached hydrogens (primary N) is 1. The van der Waals surface area contributed by atoms with Crippen molar-refractivity contribution in [3.05, 3.63) is 29.8 Å². The Morgan fingerprint density at radius 3 is 2.39 bits per heavy atom. The summed E-state index contributed by atoms with van der Waals surface area (Å²) in [5.41, 5.74) is 4.31. The van der Waals surface area contributed by atoms with Crippen LogP contribution in [0.4, 0.5) is 8.78 Å². The van der Waals surface area contributed by atoms with Gasteiger partial charge in [-0.05, 0) is 13.8 Å². The first-order valence-electron chi connectivity index (χ1n) is 5.40. The molecular formula is C12H15F2NO3. The van der Waals surface area contributed by atoms with Gasteiger partial charge in [-0.2, -0.15) is 0 Å². The molecule has 0 bridgehead atoms. The summed E-state index contributed by atoms with van der Waals surface area (Å²) in [4.78, 5) is 11.4. The lowest BCUT2D eigenvalue weighted by molar-refractivity contribution is -0.150. The Balaban J connectivity index is 2.66. The van der Waals surface area contributed by atoms with Crippen LogP contribution < -0.4 is 10.5 Å². The SMILES string of the molecule is CCOC(=O)C(C)(N)COc1cc(F)cc(F)c1. The van der Waals surface area contributed by atoms with Crippen LogP contribution in [0.5, 0.6) is 5.75 Å². The summed E-state index contributed by atoms with van der Waals surface area (Å²) in [6, 6.07) is 2.73. The average molecular weight is 259 g/mol. The van der Waals surface area contributed by atoms with Crippen molar-refractivity contribution >= 4 is 5.97 Å². The summed E-state index contributed by atoms with van der Waals surface area (Å²) >= 11 is 0. The highest BCUT2D eigenvalue weighted by Crippen LogP contribution is 2.16. The van der Waals surface area contributed by atoms with Gasteiger partial charge in [0.15, 0.2) is 0 Å². The van der Waals surface area contributed by atoms with Gasteiger partial charge in [0.25, 0.3) is 0 Å². The van der Waals surface area contributed by atoms with Crippen LogP contribution in [-0.2, 0) is 9.53 Å². The monoisotopic (exact) mass is 259 g/mol. The second kappa shape index (κ2) is 5.77. The van der Waals surface area contributed by atoms with Gasteiger partial charge in [0, 0.05) is 18.2 Å². The standard InChI is InChI=1S/C12H15F2NO3/c1-3-17-11(16)12(2,15)7-18-10-5-8(13)4-9(14)6-10/h4-6H,3,7,15H2,1-2H3. The molecular weight excluding hydrogens is 244 g/mol. The van der Waals surface area contributed by atoms with Crippen LogP contribution in [0.3, 0.4) is 0 Å². The highest BCUT2D eigenvalue weighted by atomic mass is 19.1. The number of carbonyl (C=O) groups is 1. The Kier molecular flexibility index (Phi) is 4.61. The molecule has 0 spiro atoms. The predicted molar refractivity (Wildman–Crippen MR) is 61.1 cm³/mol. The van der Waals surface area contributed by atoms with Crippen LogP contribution in [0.25, 0.3) is 0 Å². The molecule has 1 aromatic rings. The Labute approximate surface area is 104 Å². The fraction of sp³-hybridized carbons (Fsp3) is 0.417. The topological polar surface area (TPSA) is 61.5 Å². The molecule has 6 heteroatoms. The molecule has 0 aliphatic rings. The molecule has 4 nitrogen and oxygen atoms in total. The highest BCUT2D eigenvalue weighted by molar-refractivity contribution is 5.80. The van der Waals surface area contributed by atoms with E-state index in [9.17, 15) is 13.6 Å². The van der Waals surface area contributed by atoms with E-state index >= 15 is 0 Å². The number of benzene rings is 1. The third-order valence-electron chi connectivity index (χ3n) is 2.12. The largest absolute Gasteiger partial charge is 0.491 e. The van der Waals surface area contributed by atoms with E-state index in [0.717, 1.165) is 18.2 Å². The summed E-state index contributed by atoms with van der Waals surface area (Å²) in [6.07, 6.45) is 0. The summed E-state index contributed by atoms with van der Waals surface area (Å²) in [5.74, 6) is -2.20. The maximum Gasteiger partial charge on any atom is 0.329 e. The van der Waals surface area contributed by atoms with Gasteiger partial charge in [0.2, 0.25) is 0 Å². The van der Waals surface area contributed by atoms with Crippen LogP contribution in [0.2, 0.25) is 0 Å². The fourth-order valence-electron chi connectivity index (χ4n) is 1.20. The third-order valence-corrected chi connectivity index (χ3v) is 2.12. The summed E-state index contributed by atoms with van der Waals surface area (Å²) in [5, 5.41) is 0. The van der Waals surface area contributed by atoms with Crippen molar-refractivity contribution in [2.45, 2.75) is 19.4 Å². The molecule has 0 radical (unpaired) electrons. The molecule has 0 aliphatic carbocycles.